The zero-order chi connectivity index (χ0) is 17.5. The van der Waals surface area contributed by atoms with Crippen LogP contribution in [0.5, 0.6) is 11.5 Å². The van der Waals surface area contributed by atoms with Crippen LogP contribution in [-0.4, -0.2) is 63.1 Å². The fourth-order valence-corrected chi connectivity index (χ4v) is 2.94. The molecule has 1 aromatic rings. The van der Waals surface area contributed by atoms with Crippen molar-refractivity contribution in [3.8, 4) is 11.5 Å². The Morgan fingerprint density at radius 3 is 2.80 bits per heavy atom. The third-order valence-electron chi connectivity index (χ3n) is 4.43. The number of nitrogens with zero attached hydrogens (tertiary/aromatic N) is 2. The van der Waals surface area contributed by atoms with Crippen molar-refractivity contribution in [1.82, 2.24) is 15.5 Å². The average molecular weight is 348 g/mol. The van der Waals surface area contributed by atoms with Gasteiger partial charge in [-0.05, 0) is 31.5 Å². The van der Waals surface area contributed by atoms with E-state index in [2.05, 4.69) is 34.4 Å². The molecule has 2 aliphatic heterocycles. The van der Waals surface area contributed by atoms with Crippen LogP contribution in [0.15, 0.2) is 23.2 Å². The maximum Gasteiger partial charge on any atom is 0.231 e. The summed E-state index contributed by atoms with van der Waals surface area (Å²) in [6.07, 6.45) is 0. The van der Waals surface area contributed by atoms with Crippen molar-refractivity contribution in [3.63, 3.8) is 0 Å². The molecule has 7 nitrogen and oxygen atoms in total. The van der Waals surface area contributed by atoms with Crippen molar-refractivity contribution in [1.29, 1.82) is 0 Å². The van der Waals surface area contributed by atoms with Gasteiger partial charge in [0, 0.05) is 32.2 Å². The molecule has 25 heavy (non-hydrogen) atoms. The molecule has 1 saturated heterocycles. The molecule has 1 aromatic carbocycles. The number of ether oxygens (including phenoxy) is 3. The summed E-state index contributed by atoms with van der Waals surface area (Å²) in [6, 6.07) is 6.40. The van der Waals surface area contributed by atoms with E-state index in [1.165, 1.54) is 0 Å². The lowest BCUT2D eigenvalue weighted by molar-refractivity contribution is 0.0211. The summed E-state index contributed by atoms with van der Waals surface area (Å²) in [7, 11) is 0. The molecule has 0 saturated carbocycles. The molecule has 3 rings (SSSR count). The Kier molecular flexibility index (Phi) is 6.36. The lowest BCUT2D eigenvalue weighted by Gasteiger charge is -2.32. The summed E-state index contributed by atoms with van der Waals surface area (Å²) >= 11 is 0. The average Bonchev–Trinajstić information content (AvgIpc) is 3.12. The number of nitrogens with one attached hydrogen (secondary N) is 2. The Labute approximate surface area is 149 Å². The van der Waals surface area contributed by atoms with Crippen LogP contribution >= 0.6 is 0 Å². The summed E-state index contributed by atoms with van der Waals surface area (Å²) in [5.74, 6) is 2.43. The number of benzene rings is 1. The van der Waals surface area contributed by atoms with Gasteiger partial charge in [0.1, 0.15) is 0 Å². The molecule has 0 aliphatic carbocycles. The highest BCUT2D eigenvalue weighted by atomic mass is 16.7. The van der Waals surface area contributed by atoms with Crippen LogP contribution in [0.1, 0.15) is 19.4 Å². The molecule has 0 amide bonds. The van der Waals surface area contributed by atoms with Crippen LogP contribution in [0.3, 0.4) is 0 Å². The zero-order valence-corrected chi connectivity index (χ0v) is 15.1. The molecule has 138 valence electrons. The van der Waals surface area contributed by atoms with Crippen molar-refractivity contribution < 1.29 is 14.2 Å². The van der Waals surface area contributed by atoms with Gasteiger partial charge in [0.15, 0.2) is 17.5 Å². The minimum absolute atomic E-state index is 0.297. The molecule has 1 fully saturated rings. The number of hydrogen-bond donors (Lipinski definition) is 2. The maximum atomic E-state index is 5.42. The van der Waals surface area contributed by atoms with Gasteiger partial charge in [0.2, 0.25) is 6.79 Å². The highest BCUT2D eigenvalue weighted by Crippen LogP contribution is 2.32. The van der Waals surface area contributed by atoms with Crippen LogP contribution in [0, 0.1) is 0 Å². The van der Waals surface area contributed by atoms with E-state index in [0.717, 1.165) is 62.4 Å². The first-order valence-electron chi connectivity index (χ1n) is 8.98. The van der Waals surface area contributed by atoms with Gasteiger partial charge in [-0.1, -0.05) is 6.07 Å². The molecule has 0 radical (unpaired) electrons. The molecule has 2 aliphatic rings. The van der Waals surface area contributed by atoms with E-state index in [1.807, 2.05) is 18.2 Å². The predicted octanol–water partition coefficient (Wildman–Crippen LogP) is 1.19. The third-order valence-corrected chi connectivity index (χ3v) is 4.43. The number of guanidine groups is 1. The second-order valence-electron chi connectivity index (χ2n) is 6.26. The van der Waals surface area contributed by atoms with Gasteiger partial charge < -0.3 is 24.8 Å². The molecule has 0 spiro atoms. The van der Waals surface area contributed by atoms with E-state index < -0.39 is 0 Å². The van der Waals surface area contributed by atoms with Crippen molar-refractivity contribution >= 4 is 5.96 Å². The Bertz CT molecular complexity index is 588. The molecule has 7 heteroatoms. The smallest absolute Gasteiger partial charge is 0.231 e. The zero-order valence-electron chi connectivity index (χ0n) is 15.1. The summed E-state index contributed by atoms with van der Waals surface area (Å²) < 4.78 is 16.2. The first kappa shape index (κ1) is 17.8. The van der Waals surface area contributed by atoms with Crippen molar-refractivity contribution in [2.45, 2.75) is 26.4 Å². The monoisotopic (exact) mass is 348 g/mol. The van der Waals surface area contributed by atoms with Gasteiger partial charge in [-0.15, -0.1) is 0 Å². The second-order valence-corrected chi connectivity index (χ2v) is 6.26. The normalized spacial score (nSPS) is 18.9. The summed E-state index contributed by atoms with van der Waals surface area (Å²) in [5.41, 5.74) is 1.10. The molecule has 2 N–H and O–H groups in total. The van der Waals surface area contributed by atoms with Crippen LogP contribution in [-0.2, 0) is 11.3 Å². The molecular formula is C18H28N4O3. The van der Waals surface area contributed by atoms with Crippen LogP contribution in [0.25, 0.3) is 0 Å². The number of rotatable bonds is 6. The van der Waals surface area contributed by atoms with Crippen molar-refractivity contribution in [2.24, 2.45) is 4.99 Å². The highest BCUT2D eigenvalue weighted by Gasteiger charge is 2.17. The number of fused-ring (bicyclic) bond motifs is 1. The van der Waals surface area contributed by atoms with E-state index in [1.54, 1.807) is 0 Å². The number of aliphatic imine (C=N–C) groups is 1. The Hall–Kier alpha value is -1.99. The third kappa shape index (κ3) is 4.99. The summed E-state index contributed by atoms with van der Waals surface area (Å²) in [5, 5.41) is 6.74. The van der Waals surface area contributed by atoms with Crippen LogP contribution in [0.2, 0.25) is 0 Å². The van der Waals surface area contributed by atoms with Gasteiger partial charge in [0.25, 0.3) is 0 Å². The van der Waals surface area contributed by atoms with Crippen molar-refractivity contribution in [2.75, 3.05) is 46.2 Å². The van der Waals surface area contributed by atoms with E-state index >= 15 is 0 Å². The minimum Gasteiger partial charge on any atom is -0.454 e. The lowest BCUT2D eigenvalue weighted by atomic mass is 10.2. The summed E-state index contributed by atoms with van der Waals surface area (Å²) in [4.78, 5) is 7.12. The minimum atomic E-state index is 0.297. The molecule has 0 bridgehead atoms. The Morgan fingerprint density at radius 2 is 2.00 bits per heavy atom. The molecular weight excluding hydrogens is 320 g/mol. The number of hydrogen-bond acceptors (Lipinski definition) is 5. The van der Waals surface area contributed by atoms with E-state index in [0.29, 0.717) is 19.4 Å². The van der Waals surface area contributed by atoms with Gasteiger partial charge in [-0.3, -0.25) is 4.90 Å². The fourth-order valence-electron chi connectivity index (χ4n) is 2.94. The van der Waals surface area contributed by atoms with Crippen molar-refractivity contribution in [3.05, 3.63) is 23.8 Å². The Balaban J connectivity index is 1.53. The standard InChI is InChI=1S/C18H28N4O3/c1-3-19-18(20-11-14(2)22-6-8-23-9-7-22)21-12-15-4-5-16-17(10-15)25-13-24-16/h4-5,10,14H,3,6-9,11-13H2,1-2H3,(H2,19,20,21). The molecule has 0 aromatic heterocycles. The quantitative estimate of drug-likeness (QED) is 0.595. The van der Waals surface area contributed by atoms with Gasteiger partial charge in [0.05, 0.1) is 19.8 Å². The van der Waals surface area contributed by atoms with E-state index in [-0.39, 0.29) is 0 Å². The lowest BCUT2D eigenvalue weighted by Crippen LogP contribution is -2.49. The molecule has 2 heterocycles. The van der Waals surface area contributed by atoms with Gasteiger partial charge in [-0.25, -0.2) is 4.99 Å². The first-order valence-corrected chi connectivity index (χ1v) is 8.98. The number of morpholine rings is 1. The van der Waals surface area contributed by atoms with Crippen LogP contribution < -0.4 is 20.1 Å². The first-order chi connectivity index (χ1) is 12.3. The highest BCUT2D eigenvalue weighted by molar-refractivity contribution is 5.79. The molecule has 1 atom stereocenters. The second kappa shape index (κ2) is 8.92. The fraction of sp³-hybridized carbons (Fsp3) is 0.611. The molecule has 1 unspecified atom stereocenters. The van der Waals surface area contributed by atoms with Gasteiger partial charge in [-0.2, -0.15) is 0 Å². The largest absolute Gasteiger partial charge is 0.454 e. The summed E-state index contributed by atoms with van der Waals surface area (Å²) in [6.45, 7) is 10.5. The van der Waals surface area contributed by atoms with E-state index in [4.69, 9.17) is 14.2 Å². The van der Waals surface area contributed by atoms with Crippen LogP contribution in [0.4, 0.5) is 0 Å². The van der Waals surface area contributed by atoms with Gasteiger partial charge >= 0.3 is 0 Å². The SMILES string of the molecule is CCNC(=NCc1ccc2c(c1)OCO2)NCC(C)N1CCOCC1. The Morgan fingerprint density at radius 1 is 1.20 bits per heavy atom. The maximum absolute atomic E-state index is 5.42. The predicted molar refractivity (Wildman–Crippen MR) is 97.2 cm³/mol. The topological polar surface area (TPSA) is 67.4 Å². The van der Waals surface area contributed by atoms with E-state index in [9.17, 15) is 0 Å².